The van der Waals surface area contributed by atoms with Crippen molar-refractivity contribution < 1.29 is 18.7 Å². The van der Waals surface area contributed by atoms with Gasteiger partial charge in [0.2, 0.25) is 0 Å². The minimum atomic E-state index is -0.898. The smallest absolute Gasteiger partial charge is 0.338 e. The number of esters is 1. The van der Waals surface area contributed by atoms with E-state index in [0.29, 0.717) is 18.5 Å². The van der Waals surface area contributed by atoms with Crippen molar-refractivity contribution in [3.63, 3.8) is 0 Å². The molecule has 24 heavy (non-hydrogen) atoms. The van der Waals surface area contributed by atoms with Gasteiger partial charge in [-0.1, -0.05) is 34.1 Å². The van der Waals surface area contributed by atoms with Crippen LogP contribution >= 0.6 is 15.9 Å². The van der Waals surface area contributed by atoms with Crippen LogP contribution in [0.5, 0.6) is 0 Å². The fourth-order valence-corrected chi connectivity index (χ4v) is 2.42. The zero-order valence-corrected chi connectivity index (χ0v) is 14.7. The van der Waals surface area contributed by atoms with E-state index in [9.17, 15) is 14.0 Å². The van der Waals surface area contributed by atoms with Crippen LogP contribution in [0.4, 0.5) is 4.39 Å². The highest BCUT2D eigenvalue weighted by Gasteiger charge is 2.18. The lowest BCUT2D eigenvalue weighted by atomic mass is 10.1. The lowest BCUT2D eigenvalue weighted by molar-refractivity contribution is -0.129. The van der Waals surface area contributed by atoms with E-state index < -0.39 is 12.1 Å². The Bertz CT molecular complexity index is 718. The van der Waals surface area contributed by atoms with Crippen LogP contribution in [0.3, 0.4) is 0 Å². The molecule has 1 N–H and O–H groups in total. The van der Waals surface area contributed by atoms with Crippen LogP contribution in [0.1, 0.15) is 22.8 Å². The third-order valence-corrected chi connectivity index (χ3v) is 3.83. The highest BCUT2D eigenvalue weighted by atomic mass is 79.9. The summed E-state index contributed by atoms with van der Waals surface area (Å²) in [6, 6.07) is 12.8. The first-order valence-corrected chi connectivity index (χ1v) is 8.23. The summed E-state index contributed by atoms with van der Waals surface area (Å²) in [6.07, 6.45) is -0.331. The molecule has 2 aromatic carbocycles. The van der Waals surface area contributed by atoms with Crippen molar-refractivity contribution in [3.05, 3.63) is 69.9 Å². The SMILES string of the molecule is C[C@@H](OC(=O)c1cccc(Br)c1)C(=O)NCCc1ccc(F)cc1. The van der Waals surface area contributed by atoms with Gasteiger partial charge in [-0.05, 0) is 49.2 Å². The summed E-state index contributed by atoms with van der Waals surface area (Å²) in [7, 11) is 0. The van der Waals surface area contributed by atoms with Gasteiger partial charge in [0, 0.05) is 11.0 Å². The Labute approximate surface area is 148 Å². The van der Waals surface area contributed by atoms with E-state index >= 15 is 0 Å². The molecule has 0 aliphatic carbocycles. The maximum atomic E-state index is 12.8. The number of rotatable bonds is 6. The van der Waals surface area contributed by atoms with Gasteiger partial charge in [-0.15, -0.1) is 0 Å². The molecular weight excluding hydrogens is 377 g/mol. The van der Waals surface area contributed by atoms with Crippen LogP contribution in [0.15, 0.2) is 53.0 Å². The lowest BCUT2D eigenvalue weighted by Crippen LogP contribution is -2.36. The molecule has 126 valence electrons. The monoisotopic (exact) mass is 393 g/mol. The molecule has 0 radical (unpaired) electrons. The first-order chi connectivity index (χ1) is 11.5. The van der Waals surface area contributed by atoms with Crippen molar-refractivity contribution >= 4 is 27.8 Å². The number of ether oxygens (including phenoxy) is 1. The highest BCUT2D eigenvalue weighted by molar-refractivity contribution is 9.10. The maximum Gasteiger partial charge on any atom is 0.338 e. The number of amides is 1. The second-order valence-corrected chi connectivity index (χ2v) is 6.14. The van der Waals surface area contributed by atoms with Gasteiger partial charge in [0.1, 0.15) is 5.82 Å². The fourth-order valence-electron chi connectivity index (χ4n) is 2.02. The van der Waals surface area contributed by atoms with Gasteiger partial charge in [-0.25, -0.2) is 9.18 Å². The molecule has 0 spiro atoms. The Morgan fingerprint density at radius 1 is 1.21 bits per heavy atom. The molecule has 0 aromatic heterocycles. The Morgan fingerprint density at radius 2 is 1.92 bits per heavy atom. The van der Waals surface area contributed by atoms with Gasteiger partial charge in [0.15, 0.2) is 6.10 Å². The molecule has 0 saturated carbocycles. The van der Waals surface area contributed by atoms with Gasteiger partial charge < -0.3 is 10.1 Å². The van der Waals surface area contributed by atoms with Crippen molar-refractivity contribution in [1.29, 1.82) is 0 Å². The van der Waals surface area contributed by atoms with E-state index in [-0.39, 0.29) is 11.7 Å². The van der Waals surface area contributed by atoms with Crippen molar-refractivity contribution in [1.82, 2.24) is 5.32 Å². The predicted octanol–water partition coefficient (Wildman–Crippen LogP) is 3.49. The Morgan fingerprint density at radius 3 is 2.58 bits per heavy atom. The summed E-state index contributed by atoms with van der Waals surface area (Å²) < 4.78 is 18.7. The molecular formula is C18H17BrFNO3. The molecule has 0 fully saturated rings. The van der Waals surface area contributed by atoms with E-state index in [4.69, 9.17) is 4.74 Å². The highest BCUT2D eigenvalue weighted by Crippen LogP contribution is 2.13. The van der Waals surface area contributed by atoms with Gasteiger partial charge in [0.25, 0.3) is 5.91 Å². The molecule has 0 bridgehead atoms. The number of carbonyl (C=O) groups is 2. The number of nitrogens with one attached hydrogen (secondary N) is 1. The molecule has 0 unspecified atom stereocenters. The molecule has 0 aliphatic rings. The van der Waals surface area contributed by atoms with Gasteiger partial charge in [0.05, 0.1) is 5.56 Å². The molecule has 6 heteroatoms. The Kier molecular flexibility index (Phi) is 6.49. The van der Waals surface area contributed by atoms with Crippen molar-refractivity contribution in [3.8, 4) is 0 Å². The molecule has 2 rings (SSSR count). The van der Waals surface area contributed by atoms with E-state index in [1.807, 2.05) is 0 Å². The van der Waals surface area contributed by atoms with E-state index in [0.717, 1.165) is 10.0 Å². The number of benzene rings is 2. The van der Waals surface area contributed by atoms with Crippen LogP contribution in [0.25, 0.3) is 0 Å². The summed E-state index contributed by atoms with van der Waals surface area (Å²) >= 11 is 3.28. The van der Waals surface area contributed by atoms with Crippen LogP contribution in [0.2, 0.25) is 0 Å². The normalized spacial score (nSPS) is 11.6. The lowest BCUT2D eigenvalue weighted by Gasteiger charge is -2.13. The number of carbonyl (C=O) groups excluding carboxylic acids is 2. The summed E-state index contributed by atoms with van der Waals surface area (Å²) in [4.78, 5) is 23.9. The largest absolute Gasteiger partial charge is 0.449 e. The quantitative estimate of drug-likeness (QED) is 0.764. The van der Waals surface area contributed by atoms with Crippen LogP contribution < -0.4 is 5.32 Å². The third kappa shape index (κ3) is 5.45. The van der Waals surface area contributed by atoms with Gasteiger partial charge in [-0.3, -0.25) is 4.79 Å². The summed E-state index contributed by atoms with van der Waals surface area (Å²) in [6.45, 7) is 1.90. The molecule has 2 aromatic rings. The van der Waals surface area contributed by atoms with Gasteiger partial charge in [-0.2, -0.15) is 0 Å². The number of halogens is 2. The summed E-state index contributed by atoms with van der Waals surface area (Å²) in [5.41, 5.74) is 1.28. The first-order valence-electron chi connectivity index (χ1n) is 7.44. The topological polar surface area (TPSA) is 55.4 Å². The second kappa shape index (κ2) is 8.59. The zero-order valence-electron chi connectivity index (χ0n) is 13.1. The Hall–Kier alpha value is -2.21. The van der Waals surface area contributed by atoms with E-state index in [1.165, 1.54) is 19.1 Å². The van der Waals surface area contributed by atoms with Crippen molar-refractivity contribution in [2.75, 3.05) is 6.54 Å². The zero-order chi connectivity index (χ0) is 17.5. The number of hydrogen-bond donors (Lipinski definition) is 1. The molecule has 4 nitrogen and oxygen atoms in total. The molecule has 0 saturated heterocycles. The fraction of sp³-hybridized carbons (Fsp3) is 0.222. The summed E-state index contributed by atoms with van der Waals surface area (Å²) in [5, 5.41) is 2.69. The van der Waals surface area contributed by atoms with Crippen molar-refractivity contribution in [2.24, 2.45) is 0 Å². The van der Waals surface area contributed by atoms with Crippen LogP contribution in [-0.4, -0.2) is 24.5 Å². The van der Waals surface area contributed by atoms with E-state index in [2.05, 4.69) is 21.2 Å². The predicted molar refractivity (Wildman–Crippen MR) is 92.1 cm³/mol. The Balaban J connectivity index is 1.79. The average molecular weight is 394 g/mol. The standard InChI is InChI=1S/C18H17BrFNO3/c1-12(24-18(23)14-3-2-4-15(19)11-14)17(22)21-10-9-13-5-7-16(20)8-6-13/h2-8,11-12H,9-10H2,1H3,(H,21,22)/t12-/m1/s1. The van der Waals surface area contributed by atoms with Crippen LogP contribution in [0, 0.1) is 5.82 Å². The molecule has 1 atom stereocenters. The molecule has 0 heterocycles. The van der Waals surface area contributed by atoms with Crippen LogP contribution in [-0.2, 0) is 16.0 Å². The van der Waals surface area contributed by atoms with Gasteiger partial charge >= 0.3 is 5.97 Å². The molecule has 0 aliphatic heterocycles. The maximum absolute atomic E-state index is 12.8. The van der Waals surface area contributed by atoms with E-state index in [1.54, 1.807) is 36.4 Å². The molecule has 1 amide bonds. The average Bonchev–Trinajstić information content (AvgIpc) is 2.56. The third-order valence-electron chi connectivity index (χ3n) is 3.34. The number of hydrogen-bond acceptors (Lipinski definition) is 3. The minimum Gasteiger partial charge on any atom is -0.449 e. The van der Waals surface area contributed by atoms with Crippen molar-refractivity contribution in [2.45, 2.75) is 19.4 Å². The minimum absolute atomic E-state index is 0.295. The first kappa shape index (κ1) is 18.1. The second-order valence-electron chi connectivity index (χ2n) is 5.23. The summed E-state index contributed by atoms with van der Waals surface area (Å²) in [5.74, 6) is -1.23.